The molecule has 2 N–H and O–H groups in total. The van der Waals surface area contributed by atoms with Gasteiger partial charge in [0.25, 0.3) is 10.0 Å². The number of methoxy groups -OCH3 is 2. The van der Waals surface area contributed by atoms with Crippen molar-refractivity contribution < 1.29 is 27.4 Å². The molecule has 0 aliphatic rings. The van der Waals surface area contributed by atoms with Crippen LogP contribution in [0.25, 0.3) is 10.9 Å². The van der Waals surface area contributed by atoms with Crippen LogP contribution >= 0.6 is 0 Å². The first kappa shape index (κ1) is 20.6. The van der Waals surface area contributed by atoms with E-state index >= 15 is 0 Å². The van der Waals surface area contributed by atoms with Gasteiger partial charge in [0.1, 0.15) is 12.4 Å². The van der Waals surface area contributed by atoms with E-state index in [9.17, 15) is 13.2 Å². The molecule has 0 unspecified atom stereocenters. The molecule has 9 nitrogen and oxygen atoms in total. The highest BCUT2D eigenvalue weighted by atomic mass is 32.2. The number of esters is 1. The second kappa shape index (κ2) is 8.50. The zero-order valence-electron chi connectivity index (χ0n) is 16.2. The van der Waals surface area contributed by atoms with Crippen molar-refractivity contribution in [2.75, 3.05) is 32.2 Å². The summed E-state index contributed by atoms with van der Waals surface area (Å²) in [7, 11) is -1.02. The van der Waals surface area contributed by atoms with Crippen LogP contribution in [-0.2, 0) is 19.5 Å². The van der Waals surface area contributed by atoms with Gasteiger partial charge in [-0.25, -0.2) is 13.2 Å². The Labute approximate surface area is 168 Å². The molecule has 0 saturated heterocycles. The van der Waals surface area contributed by atoms with E-state index in [1.54, 1.807) is 32.2 Å². The van der Waals surface area contributed by atoms with Crippen molar-refractivity contribution in [3.05, 3.63) is 47.7 Å². The number of carbonyl (C=O) groups excluding carboxylic acids is 1. The minimum Gasteiger partial charge on any atom is -0.491 e. The van der Waals surface area contributed by atoms with Crippen LogP contribution in [0.5, 0.6) is 5.75 Å². The van der Waals surface area contributed by atoms with Crippen molar-refractivity contribution in [3.63, 3.8) is 0 Å². The van der Waals surface area contributed by atoms with Crippen LogP contribution in [0.15, 0.2) is 41.3 Å². The normalized spacial score (nSPS) is 11.4. The number of aromatic nitrogens is 2. The Morgan fingerprint density at radius 1 is 1.14 bits per heavy atom. The molecule has 0 bridgehead atoms. The molecule has 0 aliphatic heterocycles. The smallest absolute Gasteiger partial charge is 0.359 e. The van der Waals surface area contributed by atoms with Crippen LogP contribution < -0.4 is 9.46 Å². The van der Waals surface area contributed by atoms with Gasteiger partial charge >= 0.3 is 5.97 Å². The monoisotopic (exact) mass is 419 g/mol. The van der Waals surface area contributed by atoms with Gasteiger partial charge in [0.15, 0.2) is 5.69 Å². The van der Waals surface area contributed by atoms with Crippen LogP contribution in [0.2, 0.25) is 0 Å². The first-order chi connectivity index (χ1) is 13.9. The Morgan fingerprint density at radius 2 is 1.93 bits per heavy atom. The molecule has 10 heteroatoms. The molecule has 29 heavy (non-hydrogen) atoms. The van der Waals surface area contributed by atoms with Crippen molar-refractivity contribution in [1.82, 2.24) is 10.2 Å². The molecular weight excluding hydrogens is 398 g/mol. The molecule has 2 aromatic carbocycles. The molecule has 0 amide bonds. The Morgan fingerprint density at radius 3 is 2.62 bits per heavy atom. The quantitative estimate of drug-likeness (QED) is 0.425. The van der Waals surface area contributed by atoms with E-state index in [-0.39, 0.29) is 10.6 Å². The van der Waals surface area contributed by atoms with Gasteiger partial charge in [0.05, 0.1) is 24.1 Å². The maximum absolute atomic E-state index is 12.8. The zero-order valence-corrected chi connectivity index (χ0v) is 17.0. The van der Waals surface area contributed by atoms with Crippen LogP contribution in [-0.4, -0.2) is 52.0 Å². The number of benzene rings is 2. The van der Waals surface area contributed by atoms with Gasteiger partial charge in [-0.1, -0.05) is 0 Å². The fourth-order valence-electron chi connectivity index (χ4n) is 2.73. The molecule has 0 fully saturated rings. The van der Waals surface area contributed by atoms with Crippen LogP contribution in [0, 0.1) is 6.92 Å². The molecule has 3 rings (SSSR count). The summed E-state index contributed by atoms with van der Waals surface area (Å²) in [6, 6.07) is 9.33. The number of nitrogens with zero attached hydrogens (tertiary/aromatic N) is 1. The predicted octanol–water partition coefficient (Wildman–Crippen LogP) is 2.48. The summed E-state index contributed by atoms with van der Waals surface area (Å²) in [5.74, 6) is -0.0283. The number of H-pyrrole nitrogens is 1. The molecule has 0 radical (unpaired) electrons. The average molecular weight is 419 g/mol. The molecule has 0 saturated carbocycles. The van der Waals surface area contributed by atoms with E-state index in [2.05, 4.69) is 14.9 Å². The number of rotatable bonds is 8. The fourth-order valence-corrected chi connectivity index (χ4v) is 3.86. The maximum Gasteiger partial charge on any atom is 0.359 e. The molecule has 154 valence electrons. The van der Waals surface area contributed by atoms with Crippen LogP contribution in [0.1, 0.15) is 16.1 Å². The third-order valence-corrected chi connectivity index (χ3v) is 5.57. The topological polar surface area (TPSA) is 120 Å². The first-order valence-electron chi connectivity index (χ1n) is 8.67. The van der Waals surface area contributed by atoms with E-state index in [1.807, 2.05) is 0 Å². The number of hydrogen-bond acceptors (Lipinski definition) is 7. The molecule has 3 aromatic rings. The fraction of sp³-hybridized carbons (Fsp3) is 0.263. The first-order valence-corrected chi connectivity index (χ1v) is 10.2. The van der Waals surface area contributed by atoms with E-state index in [1.165, 1.54) is 25.3 Å². The van der Waals surface area contributed by atoms with Crippen molar-refractivity contribution in [2.45, 2.75) is 11.8 Å². The SMILES string of the molecule is COCCOc1ccc(S(=O)(=O)Nc2ccc3[nH]nc(C(=O)OC)c3c2)cc1C. The van der Waals surface area contributed by atoms with Gasteiger partial charge in [-0.3, -0.25) is 9.82 Å². The molecule has 1 heterocycles. The standard InChI is InChI=1S/C19H21N3O6S/c1-12-10-14(5-7-17(12)28-9-8-26-2)29(24,25)22-13-4-6-16-15(11-13)18(21-20-16)19(23)27-3/h4-7,10-11,22H,8-9H2,1-3H3,(H,20,21). The second-order valence-corrected chi connectivity index (χ2v) is 7.88. The van der Waals surface area contributed by atoms with Crippen molar-refractivity contribution in [1.29, 1.82) is 0 Å². The Balaban J connectivity index is 1.85. The minimum absolute atomic E-state index is 0.0805. The minimum atomic E-state index is -3.85. The van der Waals surface area contributed by atoms with E-state index in [0.717, 1.165) is 0 Å². The highest BCUT2D eigenvalue weighted by Crippen LogP contribution is 2.26. The number of anilines is 1. The second-order valence-electron chi connectivity index (χ2n) is 6.20. The van der Waals surface area contributed by atoms with Crippen molar-refractivity contribution in [2.24, 2.45) is 0 Å². The highest BCUT2D eigenvalue weighted by molar-refractivity contribution is 7.92. The van der Waals surface area contributed by atoms with E-state index < -0.39 is 16.0 Å². The summed E-state index contributed by atoms with van der Waals surface area (Å²) in [6.07, 6.45) is 0. The Hall–Kier alpha value is -3.11. The largest absolute Gasteiger partial charge is 0.491 e. The Kier molecular flexibility index (Phi) is 6.04. The molecule has 0 spiro atoms. The van der Waals surface area contributed by atoms with Gasteiger partial charge in [-0.2, -0.15) is 5.10 Å². The third kappa shape index (κ3) is 4.49. The molecular formula is C19H21N3O6S. The van der Waals surface area contributed by atoms with Crippen molar-refractivity contribution in [3.8, 4) is 5.75 Å². The van der Waals surface area contributed by atoms with Crippen molar-refractivity contribution >= 4 is 32.6 Å². The van der Waals surface area contributed by atoms with E-state index in [4.69, 9.17) is 14.2 Å². The van der Waals surface area contributed by atoms with E-state index in [0.29, 0.717) is 41.1 Å². The summed E-state index contributed by atoms with van der Waals surface area (Å²) >= 11 is 0. The number of carbonyl (C=O) groups is 1. The van der Waals surface area contributed by atoms with Crippen LogP contribution in [0.4, 0.5) is 5.69 Å². The van der Waals surface area contributed by atoms with Crippen LogP contribution in [0.3, 0.4) is 0 Å². The number of sulfonamides is 1. The number of fused-ring (bicyclic) bond motifs is 1. The summed E-state index contributed by atoms with van der Waals surface area (Å²) in [5, 5.41) is 7.08. The number of aryl methyl sites for hydroxylation is 1. The van der Waals surface area contributed by atoms with Gasteiger partial charge in [-0.05, 0) is 48.9 Å². The third-order valence-electron chi connectivity index (χ3n) is 4.20. The number of hydrogen-bond donors (Lipinski definition) is 2. The summed E-state index contributed by atoms with van der Waals surface area (Å²) in [4.78, 5) is 11.9. The lowest BCUT2D eigenvalue weighted by Gasteiger charge is -2.12. The lowest BCUT2D eigenvalue weighted by Crippen LogP contribution is -2.13. The number of nitrogens with one attached hydrogen (secondary N) is 2. The highest BCUT2D eigenvalue weighted by Gasteiger charge is 2.18. The Bertz CT molecular complexity index is 1140. The average Bonchev–Trinajstić information content (AvgIpc) is 3.11. The number of aromatic amines is 1. The summed E-state index contributed by atoms with van der Waals surface area (Å²) in [5.41, 5.74) is 1.64. The van der Waals surface area contributed by atoms with Gasteiger partial charge in [0, 0.05) is 18.2 Å². The summed E-state index contributed by atoms with van der Waals surface area (Å²) in [6.45, 7) is 2.57. The molecule has 0 aliphatic carbocycles. The van der Waals surface area contributed by atoms with Gasteiger partial charge < -0.3 is 14.2 Å². The lowest BCUT2D eigenvalue weighted by molar-refractivity contribution is 0.0596. The maximum atomic E-state index is 12.8. The zero-order chi connectivity index (χ0) is 21.0. The lowest BCUT2D eigenvalue weighted by atomic mass is 10.2. The van der Waals surface area contributed by atoms with Gasteiger partial charge in [-0.15, -0.1) is 0 Å². The number of ether oxygens (including phenoxy) is 3. The molecule has 1 aromatic heterocycles. The predicted molar refractivity (Wildman–Crippen MR) is 107 cm³/mol. The van der Waals surface area contributed by atoms with Gasteiger partial charge in [0.2, 0.25) is 0 Å². The molecule has 0 atom stereocenters. The summed E-state index contributed by atoms with van der Waals surface area (Å²) < 4.78 is 43.3.